The molecule has 0 spiro atoms. The quantitative estimate of drug-likeness (QED) is 0.482. The van der Waals surface area contributed by atoms with Crippen LogP contribution in [0.1, 0.15) is 77.7 Å². The second kappa shape index (κ2) is 10.2. The Kier molecular flexibility index (Phi) is 6.63. The number of hydrogen-bond acceptors (Lipinski definition) is 3. The van der Waals surface area contributed by atoms with Gasteiger partial charge in [0.25, 0.3) is 0 Å². The van der Waals surface area contributed by atoms with Crippen molar-refractivity contribution < 1.29 is 5.11 Å². The molecule has 0 aromatic heterocycles. The van der Waals surface area contributed by atoms with E-state index in [0.717, 1.165) is 18.9 Å². The van der Waals surface area contributed by atoms with Crippen LogP contribution in [-0.2, 0) is 6.42 Å². The molecular weight excluding hydrogens is 428 g/mol. The number of phenolic OH excluding ortho intramolecular Hbond substituents is 1. The molecule has 0 unspecified atom stereocenters. The summed E-state index contributed by atoms with van der Waals surface area (Å²) in [6.45, 7) is 4.85. The minimum absolute atomic E-state index is 0.331. The standard InChI is InChI=1S/C32H38N2O/c35-29-11-13-31-27(22-29)10-12-30(25-4-2-1-3-5-25)32(31)26-8-6-23(7-9-26)24-16-20-34(21-17-24)28-14-18-33-19-15-28/h1-9,11,13,22,24,28,30,32-33,35H,10,12,14-21H2/t30-,32+/m1/s1. The summed E-state index contributed by atoms with van der Waals surface area (Å²) < 4.78 is 0. The van der Waals surface area contributed by atoms with E-state index in [1.165, 1.54) is 79.7 Å². The molecule has 182 valence electrons. The molecule has 1 aliphatic carbocycles. The van der Waals surface area contributed by atoms with Crippen LogP contribution in [0.5, 0.6) is 5.75 Å². The Bertz CT molecular complexity index is 1110. The predicted molar refractivity (Wildman–Crippen MR) is 143 cm³/mol. The summed E-state index contributed by atoms with van der Waals surface area (Å²) in [4.78, 5) is 2.75. The minimum Gasteiger partial charge on any atom is -0.508 e. The second-order valence-electron chi connectivity index (χ2n) is 10.9. The molecule has 0 bridgehead atoms. The summed E-state index contributed by atoms with van der Waals surface area (Å²) in [6, 6.07) is 27.4. The van der Waals surface area contributed by atoms with Crippen LogP contribution in [0.3, 0.4) is 0 Å². The SMILES string of the molecule is Oc1ccc2c(c1)CC[C@H](c1ccccc1)[C@@H]2c1ccc(C2CCN(C3CCNCC3)CC2)cc1. The molecule has 35 heavy (non-hydrogen) atoms. The topological polar surface area (TPSA) is 35.5 Å². The van der Waals surface area contributed by atoms with Crippen molar-refractivity contribution in [1.82, 2.24) is 10.2 Å². The van der Waals surface area contributed by atoms with Crippen LogP contribution < -0.4 is 5.32 Å². The number of phenols is 1. The lowest BCUT2D eigenvalue weighted by molar-refractivity contribution is 0.127. The Labute approximate surface area is 210 Å². The van der Waals surface area contributed by atoms with Gasteiger partial charge in [-0.3, -0.25) is 0 Å². The van der Waals surface area contributed by atoms with E-state index in [4.69, 9.17) is 0 Å². The summed E-state index contributed by atoms with van der Waals surface area (Å²) in [6.07, 6.45) is 7.31. The molecule has 2 saturated heterocycles. The fourth-order valence-electron chi connectivity index (χ4n) is 7.02. The van der Waals surface area contributed by atoms with Gasteiger partial charge in [0.05, 0.1) is 0 Å². The van der Waals surface area contributed by atoms with Gasteiger partial charge < -0.3 is 15.3 Å². The Morgan fingerprint density at radius 3 is 2.17 bits per heavy atom. The minimum atomic E-state index is 0.331. The first-order valence-electron chi connectivity index (χ1n) is 13.7. The van der Waals surface area contributed by atoms with Crippen molar-refractivity contribution in [2.75, 3.05) is 26.2 Å². The highest BCUT2D eigenvalue weighted by atomic mass is 16.3. The van der Waals surface area contributed by atoms with Crippen molar-refractivity contribution in [2.45, 2.75) is 62.3 Å². The van der Waals surface area contributed by atoms with Crippen LogP contribution in [-0.4, -0.2) is 42.2 Å². The molecule has 3 aliphatic rings. The van der Waals surface area contributed by atoms with Crippen LogP contribution in [0.15, 0.2) is 72.8 Å². The van der Waals surface area contributed by atoms with Crippen molar-refractivity contribution in [3.05, 3.63) is 101 Å². The van der Waals surface area contributed by atoms with E-state index in [1.54, 1.807) is 0 Å². The van der Waals surface area contributed by atoms with Gasteiger partial charge in [-0.25, -0.2) is 0 Å². The number of nitrogens with one attached hydrogen (secondary N) is 1. The molecule has 3 nitrogen and oxygen atoms in total. The van der Waals surface area contributed by atoms with Crippen molar-refractivity contribution in [2.24, 2.45) is 0 Å². The molecule has 2 heterocycles. The average Bonchev–Trinajstić information content (AvgIpc) is 2.93. The number of nitrogens with zero attached hydrogens (tertiary/aromatic N) is 1. The third-order valence-electron chi connectivity index (χ3n) is 8.94. The maximum Gasteiger partial charge on any atom is 0.115 e. The fourth-order valence-corrected chi connectivity index (χ4v) is 7.02. The maximum atomic E-state index is 10.1. The molecule has 3 aromatic rings. The number of fused-ring (bicyclic) bond motifs is 1. The molecule has 2 atom stereocenters. The van der Waals surface area contributed by atoms with Crippen molar-refractivity contribution >= 4 is 0 Å². The number of likely N-dealkylation sites (tertiary alicyclic amines) is 1. The molecule has 0 saturated carbocycles. The monoisotopic (exact) mass is 466 g/mol. The highest BCUT2D eigenvalue weighted by Gasteiger charge is 2.32. The zero-order chi connectivity index (χ0) is 23.6. The van der Waals surface area contributed by atoms with Gasteiger partial charge in [0, 0.05) is 12.0 Å². The van der Waals surface area contributed by atoms with Gasteiger partial charge in [-0.2, -0.15) is 0 Å². The van der Waals surface area contributed by atoms with Crippen LogP contribution >= 0.6 is 0 Å². The average molecular weight is 467 g/mol. The number of rotatable bonds is 4. The Morgan fingerprint density at radius 2 is 1.43 bits per heavy atom. The van der Waals surface area contributed by atoms with Gasteiger partial charge in [-0.05, 0) is 116 Å². The first-order valence-corrected chi connectivity index (χ1v) is 13.7. The summed E-state index contributed by atoms with van der Waals surface area (Å²) in [7, 11) is 0. The number of aryl methyl sites for hydroxylation is 1. The Hall–Kier alpha value is -2.62. The first kappa shape index (κ1) is 22.8. The fraction of sp³-hybridized carbons (Fsp3) is 0.438. The van der Waals surface area contributed by atoms with Gasteiger partial charge in [-0.1, -0.05) is 60.7 Å². The lowest BCUT2D eigenvalue weighted by Gasteiger charge is -2.39. The van der Waals surface area contributed by atoms with Crippen molar-refractivity contribution in [3.63, 3.8) is 0 Å². The normalized spacial score (nSPS) is 24.2. The maximum absolute atomic E-state index is 10.1. The summed E-state index contributed by atoms with van der Waals surface area (Å²) >= 11 is 0. The lowest BCUT2D eigenvalue weighted by atomic mass is 9.69. The molecule has 2 N–H and O–H groups in total. The van der Waals surface area contributed by atoms with E-state index in [9.17, 15) is 5.11 Å². The summed E-state index contributed by atoms with van der Waals surface area (Å²) in [5, 5.41) is 13.6. The Balaban J connectivity index is 1.22. The molecule has 2 aliphatic heterocycles. The lowest BCUT2D eigenvalue weighted by Crippen LogP contribution is -2.46. The highest BCUT2D eigenvalue weighted by Crippen LogP contribution is 2.47. The summed E-state index contributed by atoms with van der Waals surface area (Å²) in [5.74, 6) is 1.86. The van der Waals surface area contributed by atoms with Crippen LogP contribution in [0, 0.1) is 0 Å². The van der Waals surface area contributed by atoms with Gasteiger partial charge in [-0.15, -0.1) is 0 Å². The Morgan fingerprint density at radius 1 is 0.714 bits per heavy atom. The third-order valence-corrected chi connectivity index (χ3v) is 8.94. The number of piperidine rings is 2. The van der Waals surface area contributed by atoms with E-state index in [2.05, 4.69) is 70.9 Å². The van der Waals surface area contributed by atoms with Gasteiger partial charge in [0.15, 0.2) is 0 Å². The van der Waals surface area contributed by atoms with E-state index in [1.807, 2.05) is 12.1 Å². The molecule has 3 aromatic carbocycles. The third kappa shape index (κ3) is 4.77. The molecular formula is C32H38N2O. The van der Waals surface area contributed by atoms with E-state index in [0.29, 0.717) is 23.5 Å². The molecule has 0 amide bonds. The van der Waals surface area contributed by atoms with E-state index < -0.39 is 0 Å². The highest BCUT2D eigenvalue weighted by molar-refractivity contribution is 5.47. The van der Waals surface area contributed by atoms with Gasteiger partial charge in [0.1, 0.15) is 5.75 Å². The zero-order valence-corrected chi connectivity index (χ0v) is 20.7. The molecule has 3 heteroatoms. The molecule has 2 fully saturated rings. The van der Waals surface area contributed by atoms with Crippen LogP contribution in [0.25, 0.3) is 0 Å². The first-order chi connectivity index (χ1) is 17.3. The smallest absolute Gasteiger partial charge is 0.115 e. The van der Waals surface area contributed by atoms with E-state index >= 15 is 0 Å². The second-order valence-corrected chi connectivity index (χ2v) is 10.9. The molecule has 0 radical (unpaired) electrons. The largest absolute Gasteiger partial charge is 0.508 e. The van der Waals surface area contributed by atoms with Gasteiger partial charge in [0.2, 0.25) is 0 Å². The van der Waals surface area contributed by atoms with E-state index in [-0.39, 0.29) is 0 Å². The number of aromatic hydroxyl groups is 1. The summed E-state index contributed by atoms with van der Waals surface area (Å²) in [5.41, 5.74) is 7.02. The van der Waals surface area contributed by atoms with Crippen molar-refractivity contribution in [1.29, 1.82) is 0 Å². The van der Waals surface area contributed by atoms with Crippen LogP contribution in [0.2, 0.25) is 0 Å². The molecule has 6 rings (SSSR count). The van der Waals surface area contributed by atoms with Crippen molar-refractivity contribution in [3.8, 4) is 5.75 Å². The number of benzene rings is 3. The van der Waals surface area contributed by atoms with Crippen LogP contribution in [0.4, 0.5) is 0 Å². The predicted octanol–water partition coefficient (Wildman–Crippen LogP) is 6.19. The zero-order valence-electron chi connectivity index (χ0n) is 20.7. The number of hydrogen-bond donors (Lipinski definition) is 2. The van der Waals surface area contributed by atoms with Gasteiger partial charge >= 0.3 is 0 Å².